The number of hydrogen-bond acceptors (Lipinski definition) is 4. The van der Waals surface area contributed by atoms with Gasteiger partial charge in [-0.1, -0.05) is 0 Å². The van der Waals surface area contributed by atoms with Crippen molar-refractivity contribution in [1.82, 2.24) is 0 Å². The lowest BCUT2D eigenvalue weighted by Gasteiger charge is -2.09. The molecule has 90 valence electrons. The maximum absolute atomic E-state index is 12.7. The minimum absolute atomic E-state index is 0.00307. The Labute approximate surface area is 102 Å². The molecule has 0 unspecified atom stereocenters. The van der Waals surface area contributed by atoms with Crippen LogP contribution in [0.25, 0.3) is 0 Å². The average molecular weight is 257 g/mol. The molecule has 0 saturated carbocycles. The molecule has 0 amide bonds. The molecule has 1 rings (SSSR count). The zero-order chi connectivity index (χ0) is 13.0. The average Bonchev–Trinajstić information content (AvgIpc) is 2.28. The number of esters is 1. The van der Waals surface area contributed by atoms with Crippen LogP contribution in [0.4, 0.5) is 8.78 Å². The number of alkyl halides is 2. The summed E-state index contributed by atoms with van der Waals surface area (Å²) in [5.74, 6) is -0.845. The van der Waals surface area contributed by atoms with E-state index in [2.05, 4.69) is 17.4 Å². The summed E-state index contributed by atoms with van der Waals surface area (Å²) in [5, 5.41) is 8.70. The quantitative estimate of drug-likeness (QED) is 0.669. The fourth-order valence-corrected chi connectivity index (χ4v) is 1.50. The van der Waals surface area contributed by atoms with E-state index >= 15 is 0 Å². The number of carbonyl (C=O) groups excluding carboxylic acids is 1. The van der Waals surface area contributed by atoms with Gasteiger partial charge in [0.2, 0.25) is 0 Å². The molecule has 0 saturated heterocycles. The predicted octanol–water partition coefficient (Wildman–Crippen LogP) is 2.96. The van der Waals surface area contributed by atoms with E-state index in [-0.39, 0.29) is 22.6 Å². The Kier molecular flexibility index (Phi) is 4.46. The summed E-state index contributed by atoms with van der Waals surface area (Å²) in [4.78, 5) is 11.6. The Balaban J connectivity index is 3.34. The number of rotatable bonds is 3. The number of thiol groups is 1. The molecule has 0 aromatic heterocycles. The van der Waals surface area contributed by atoms with Crippen LogP contribution in [-0.2, 0) is 4.74 Å². The van der Waals surface area contributed by atoms with Crippen LogP contribution in [-0.4, -0.2) is 12.6 Å². The predicted molar refractivity (Wildman–Crippen MR) is 59.3 cm³/mol. The molecule has 0 radical (unpaired) electrons. The summed E-state index contributed by atoms with van der Waals surface area (Å²) in [6.45, 7) is 1.66. The largest absolute Gasteiger partial charge is 0.462 e. The summed E-state index contributed by atoms with van der Waals surface area (Å²) in [7, 11) is 0. The number of hydrogen-bond donors (Lipinski definition) is 1. The standard InChI is InChI=1S/C11H9F2NO2S/c1-2-16-11(15)8-4-9(17)6(5-14)3-7(8)10(12)13/h3-4,10,17H,2H2,1H3. The maximum atomic E-state index is 12.7. The molecule has 0 aliphatic carbocycles. The van der Waals surface area contributed by atoms with E-state index in [1.54, 1.807) is 13.0 Å². The van der Waals surface area contributed by atoms with Gasteiger partial charge in [0.1, 0.15) is 6.07 Å². The highest BCUT2D eigenvalue weighted by atomic mass is 32.1. The van der Waals surface area contributed by atoms with Gasteiger partial charge in [-0.15, -0.1) is 12.6 Å². The Hall–Kier alpha value is -1.61. The molecule has 1 aromatic carbocycles. The highest BCUT2D eigenvalue weighted by Crippen LogP contribution is 2.28. The lowest BCUT2D eigenvalue weighted by Crippen LogP contribution is -2.09. The van der Waals surface area contributed by atoms with Crippen LogP contribution < -0.4 is 0 Å². The van der Waals surface area contributed by atoms with Gasteiger partial charge in [-0.05, 0) is 19.1 Å². The Morgan fingerprint density at radius 3 is 2.71 bits per heavy atom. The van der Waals surface area contributed by atoms with Crippen molar-refractivity contribution < 1.29 is 18.3 Å². The van der Waals surface area contributed by atoms with Gasteiger partial charge in [0.15, 0.2) is 0 Å². The van der Waals surface area contributed by atoms with E-state index in [0.29, 0.717) is 0 Å². The zero-order valence-corrected chi connectivity index (χ0v) is 9.80. The lowest BCUT2D eigenvalue weighted by molar-refractivity contribution is 0.0515. The highest BCUT2D eigenvalue weighted by Gasteiger charge is 2.21. The summed E-state index contributed by atoms with van der Waals surface area (Å²) < 4.78 is 30.1. The lowest BCUT2D eigenvalue weighted by atomic mass is 10.0. The van der Waals surface area contributed by atoms with Crippen LogP contribution in [0, 0.1) is 11.3 Å². The third kappa shape index (κ3) is 2.94. The van der Waals surface area contributed by atoms with Gasteiger partial charge in [-0.2, -0.15) is 5.26 Å². The Morgan fingerprint density at radius 1 is 1.59 bits per heavy atom. The third-order valence-corrected chi connectivity index (χ3v) is 2.39. The second-order valence-corrected chi connectivity index (χ2v) is 3.57. The van der Waals surface area contributed by atoms with Gasteiger partial charge in [-0.3, -0.25) is 0 Å². The molecular weight excluding hydrogens is 248 g/mol. The molecule has 1 aromatic rings. The van der Waals surface area contributed by atoms with Gasteiger partial charge in [0.25, 0.3) is 6.43 Å². The summed E-state index contributed by atoms with van der Waals surface area (Å²) in [6.07, 6.45) is -2.85. The topological polar surface area (TPSA) is 50.1 Å². The molecule has 6 heteroatoms. The summed E-state index contributed by atoms with van der Waals surface area (Å²) >= 11 is 3.95. The first-order valence-electron chi connectivity index (χ1n) is 4.73. The minimum Gasteiger partial charge on any atom is -0.462 e. The number of benzene rings is 1. The van der Waals surface area contributed by atoms with Crippen molar-refractivity contribution in [2.75, 3.05) is 6.61 Å². The van der Waals surface area contributed by atoms with E-state index < -0.39 is 18.0 Å². The fourth-order valence-electron chi connectivity index (χ4n) is 1.26. The van der Waals surface area contributed by atoms with E-state index in [9.17, 15) is 13.6 Å². The van der Waals surface area contributed by atoms with Crippen molar-refractivity contribution in [3.63, 3.8) is 0 Å². The van der Waals surface area contributed by atoms with E-state index in [1.807, 2.05) is 0 Å². The molecular formula is C11H9F2NO2S. The van der Waals surface area contributed by atoms with Gasteiger partial charge in [0, 0.05) is 10.5 Å². The molecule has 0 aliphatic heterocycles. The summed E-state index contributed by atoms with van der Waals surface area (Å²) in [6, 6.07) is 3.81. The Morgan fingerprint density at radius 2 is 2.24 bits per heavy atom. The van der Waals surface area contributed by atoms with Crippen LogP contribution in [0.5, 0.6) is 0 Å². The molecule has 0 aliphatic rings. The normalized spacial score (nSPS) is 10.1. The van der Waals surface area contributed by atoms with Crippen LogP contribution in [0.3, 0.4) is 0 Å². The molecule has 0 atom stereocenters. The van der Waals surface area contributed by atoms with Crippen molar-refractivity contribution in [2.24, 2.45) is 0 Å². The van der Waals surface area contributed by atoms with Crippen LogP contribution in [0.15, 0.2) is 17.0 Å². The zero-order valence-electron chi connectivity index (χ0n) is 8.91. The second kappa shape index (κ2) is 5.64. The van der Waals surface area contributed by atoms with Crippen LogP contribution in [0.1, 0.15) is 34.8 Å². The Bertz CT molecular complexity index is 483. The molecule has 0 spiro atoms. The van der Waals surface area contributed by atoms with Crippen molar-refractivity contribution in [1.29, 1.82) is 5.26 Å². The third-order valence-electron chi connectivity index (χ3n) is 2.02. The van der Waals surface area contributed by atoms with Gasteiger partial charge >= 0.3 is 5.97 Å². The van der Waals surface area contributed by atoms with Crippen molar-refractivity contribution in [3.8, 4) is 6.07 Å². The monoisotopic (exact) mass is 257 g/mol. The summed E-state index contributed by atoms with van der Waals surface area (Å²) in [5.41, 5.74) is -0.777. The first-order chi connectivity index (χ1) is 8.01. The molecule has 3 nitrogen and oxygen atoms in total. The second-order valence-electron chi connectivity index (χ2n) is 3.09. The maximum Gasteiger partial charge on any atom is 0.338 e. The number of ether oxygens (including phenoxy) is 1. The van der Waals surface area contributed by atoms with Crippen molar-refractivity contribution in [3.05, 3.63) is 28.8 Å². The molecule has 0 heterocycles. The smallest absolute Gasteiger partial charge is 0.338 e. The first kappa shape index (κ1) is 13.5. The number of nitriles is 1. The van der Waals surface area contributed by atoms with E-state index in [0.717, 1.165) is 12.1 Å². The van der Waals surface area contributed by atoms with Crippen LogP contribution in [0.2, 0.25) is 0 Å². The molecule has 17 heavy (non-hydrogen) atoms. The van der Waals surface area contributed by atoms with Gasteiger partial charge in [-0.25, -0.2) is 13.6 Å². The first-order valence-corrected chi connectivity index (χ1v) is 5.18. The van der Waals surface area contributed by atoms with Gasteiger partial charge < -0.3 is 4.74 Å². The minimum atomic E-state index is -2.85. The highest BCUT2D eigenvalue weighted by molar-refractivity contribution is 7.80. The molecule has 0 N–H and O–H groups in total. The number of carbonyl (C=O) groups is 1. The number of nitrogens with zero attached hydrogens (tertiary/aromatic N) is 1. The van der Waals surface area contributed by atoms with E-state index in [1.165, 1.54) is 0 Å². The van der Waals surface area contributed by atoms with E-state index in [4.69, 9.17) is 5.26 Å². The van der Waals surface area contributed by atoms with Crippen molar-refractivity contribution >= 4 is 18.6 Å². The van der Waals surface area contributed by atoms with Gasteiger partial charge in [0.05, 0.1) is 17.7 Å². The SMILES string of the molecule is CCOC(=O)c1cc(S)c(C#N)cc1C(F)F. The fraction of sp³-hybridized carbons (Fsp3) is 0.273. The number of halogens is 2. The van der Waals surface area contributed by atoms with Crippen LogP contribution >= 0.6 is 12.6 Å². The molecule has 0 bridgehead atoms. The molecule has 0 fully saturated rings. The van der Waals surface area contributed by atoms with Crippen molar-refractivity contribution in [2.45, 2.75) is 18.2 Å².